The molecule has 1 fully saturated rings. The molecule has 0 amide bonds. The van der Waals surface area contributed by atoms with Crippen LogP contribution in [0.3, 0.4) is 0 Å². The third-order valence-electron chi connectivity index (χ3n) is 4.74. The molecule has 0 bridgehead atoms. The second-order valence-corrected chi connectivity index (χ2v) is 7.77. The van der Waals surface area contributed by atoms with Crippen molar-refractivity contribution in [2.75, 3.05) is 26.2 Å². The highest BCUT2D eigenvalue weighted by atomic mass is 19.1. The fourth-order valence-corrected chi connectivity index (χ4v) is 3.45. The zero-order chi connectivity index (χ0) is 19.1. The first-order valence-electron chi connectivity index (χ1n) is 9.97. The highest BCUT2D eigenvalue weighted by Crippen LogP contribution is 2.17. The quantitative estimate of drug-likeness (QED) is 0.623. The van der Waals surface area contributed by atoms with Crippen molar-refractivity contribution in [2.24, 2.45) is 5.92 Å². The Bertz CT molecular complexity index is 722. The summed E-state index contributed by atoms with van der Waals surface area (Å²) in [7, 11) is 0. The molecule has 3 rings (SSSR count). The summed E-state index contributed by atoms with van der Waals surface area (Å²) in [6, 6.07) is 10.1. The maximum absolute atomic E-state index is 13.2. The average Bonchev–Trinajstić information content (AvgIpc) is 3.04. The zero-order valence-electron chi connectivity index (χ0n) is 16.4. The van der Waals surface area contributed by atoms with Crippen LogP contribution in [0.4, 0.5) is 4.39 Å². The van der Waals surface area contributed by atoms with Crippen LogP contribution in [0.1, 0.15) is 43.8 Å². The molecule has 1 aliphatic heterocycles. The molecule has 2 heterocycles. The van der Waals surface area contributed by atoms with E-state index in [1.165, 1.54) is 0 Å². The number of hydrogen-bond donors (Lipinski definition) is 0. The van der Waals surface area contributed by atoms with E-state index in [1.807, 2.05) is 24.4 Å². The van der Waals surface area contributed by atoms with Crippen LogP contribution in [0.25, 0.3) is 0 Å². The van der Waals surface area contributed by atoms with Crippen molar-refractivity contribution in [3.63, 3.8) is 0 Å². The van der Waals surface area contributed by atoms with Crippen LogP contribution in [0.15, 0.2) is 36.5 Å². The fourth-order valence-electron chi connectivity index (χ4n) is 3.45. The van der Waals surface area contributed by atoms with Gasteiger partial charge in [0.15, 0.2) is 0 Å². The molecule has 146 valence electrons. The van der Waals surface area contributed by atoms with E-state index in [-0.39, 0.29) is 0 Å². The lowest BCUT2D eigenvalue weighted by Crippen LogP contribution is -2.23. The van der Waals surface area contributed by atoms with E-state index >= 15 is 0 Å². The summed E-state index contributed by atoms with van der Waals surface area (Å²) in [4.78, 5) is 11.3. The lowest BCUT2D eigenvalue weighted by molar-refractivity contribution is 0.248. The number of hydrogen-bond acceptors (Lipinski definition) is 4. The Morgan fingerprint density at radius 1 is 1.30 bits per heavy atom. The third kappa shape index (κ3) is 6.58. The summed E-state index contributed by atoms with van der Waals surface area (Å²) in [6.07, 6.45) is 4.46. The van der Waals surface area contributed by atoms with E-state index in [2.05, 4.69) is 40.8 Å². The molecule has 0 N–H and O–H groups in total. The molecule has 0 spiro atoms. The van der Waals surface area contributed by atoms with E-state index in [1.54, 1.807) is 0 Å². The van der Waals surface area contributed by atoms with Crippen molar-refractivity contribution >= 4 is 0 Å². The van der Waals surface area contributed by atoms with Gasteiger partial charge in [-0.3, -0.25) is 0 Å². The maximum atomic E-state index is 13.2. The Hall–Kier alpha value is -2.01. The van der Waals surface area contributed by atoms with Gasteiger partial charge in [0.05, 0.1) is 6.61 Å². The van der Waals surface area contributed by atoms with E-state index in [4.69, 9.17) is 4.74 Å². The fraction of sp³-hybridized carbons (Fsp3) is 0.545. The van der Waals surface area contributed by atoms with Crippen molar-refractivity contribution in [1.82, 2.24) is 14.9 Å². The van der Waals surface area contributed by atoms with Crippen LogP contribution in [0, 0.1) is 5.92 Å². The molecule has 2 aromatic rings. The normalized spacial score (nSPS) is 17.6. The molecule has 0 saturated carbocycles. The number of ether oxygens (including phenoxy) is 1. The molecule has 5 heteroatoms. The van der Waals surface area contributed by atoms with E-state index in [9.17, 15) is 4.39 Å². The Morgan fingerprint density at radius 3 is 2.96 bits per heavy atom. The summed E-state index contributed by atoms with van der Waals surface area (Å²) in [5.74, 6) is 2.30. The summed E-state index contributed by atoms with van der Waals surface area (Å²) in [5.41, 5.74) is 2.24. The highest BCUT2D eigenvalue weighted by molar-refractivity contribution is 5.30. The average molecular weight is 372 g/mol. The van der Waals surface area contributed by atoms with Crippen LogP contribution in [-0.2, 0) is 12.8 Å². The lowest BCUT2D eigenvalue weighted by atomic mass is 10.1. The standard InChI is InChI=1S/C22H30FN3O/c1-17(2)13-20-7-9-24-22(25-20)15-18-5-3-6-21(14-18)27-12-4-10-26-11-8-19(23)16-26/h3,5-7,9,14,17,19H,4,8,10-13,15-16H2,1-2H3/t19-/m1/s1. The summed E-state index contributed by atoms with van der Waals surface area (Å²) < 4.78 is 19.1. The van der Waals surface area contributed by atoms with Gasteiger partial charge in [-0.1, -0.05) is 26.0 Å². The minimum Gasteiger partial charge on any atom is -0.494 e. The second-order valence-electron chi connectivity index (χ2n) is 7.77. The maximum Gasteiger partial charge on any atom is 0.132 e. The minimum absolute atomic E-state index is 0.575. The predicted molar refractivity (Wildman–Crippen MR) is 106 cm³/mol. The van der Waals surface area contributed by atoms with Gasteiger partial charge in [0.1, 0.15) is 17.7 Å². The number of alkyl halides is 1. The van der Waals surface area contributed by atoms with E-state index in [0.29, 0.717) is 31.9 Å². The van der Waals surface area contributed by atoms with Gasteiger partial charge in [-0.2, -0.15) is 0 Å². The van der Waals surface area contributed by atoms with Crippen molar-refractivity contribution in [3.8, 4) is 5.75 Å². The Balaban J connectivity index is 1.48. The summed E-state index contributed by atoms with van der Waals surface area (Å²) in [6.45, 7) is 7.39. The van der Waals surface area contributed by atoms with Gasteiger partial charge in [0, 0.05) is 37.9 Å². The topological polar surface area (TPSA) is 38.2 Å². The van der Waals surface area contributed by atoms with Gasteiger partial charge in [-0.25, -0.2) is 14.4 Å². The molecule has 1 saturated heterocycles. The molecule has 4 nitrogen and oxygen atoms in total. The van der Waals surface area contributed by atoms with Crippen LogP contribution in [0.2, 0.25) is 0 Å². The number of halogens is 1. The van der Waals surface area contributed by atoms with Crippen LogP contribution >= 0.6 is 0 Å². The van der Waals surface area contributed by atoms with Gasteiger partial charge in [0.2, 0.25) is 0 Å². The number of nitrogens with zero attached hydrogens (tertiary/aromatic N) is 3. The van der Waals surface area contributed by atoms with E-state index in [0.717, 1.165) is 48.8 Å². The third-order valence-corrected chi connectivity index (χ3v) is 4.74. The minimum atomic E-state index is -0.649. The van der Waals surface area contributed by atoms with Crippen molar-refractivity contribution < 1.29 is 9.13 Å². The SMILES string of the molecule is CC(C)Cc1ccnc(Cc2cccc(OCCCN3CC[C@@H](F)C3)c2)n1. The summed E-state index contributed by atoms with van der Waals surface area (Å²) >= 11 is 0. The van der Waals surface area contributed by atoms with Gasteiger partial charge in [-0.05, 0) is 48.9 Å². The first kappa shape index (κ1) is 19.7. The smallest absolute Gasteiger partial charge is 0.132 e. The van der Waals surface area contributed by atoms with Gasteiger partial charge in [0.25, 0.3) is 0 Å². The summed E-state index contributed by atoms with van der Waals surface area (Å²) in [5, 5.41) is 0. The first-order valence-corrected chi connectivity index (χ1v) is 9.97. The molecule has 1 aromatic carbocycles. The van der Waals surface area contributed by atoms with Gasteiger partial charge in [-0.15, -0.1) is 0 Å². The highest BCUT2D eigenvalue weighted by Gasteiger charge is 2.20. The largest absolute Gasteiger partial charge is 0.494 e. The van der Waals surface area contributed by atoms with Crippen molar-refractivity contribution in [1.29, 1.82) is 0 Å². The number of rotatable bonds is 9. The Labute approximate surface area is 161 Å². The van der Waals surface area contributed by atoms with Gasteiger partial charge < -0.3 is 9.64 Å². The first-order chi connectivity index (χ1) is 13.1. The van der Waals surface area contributed by atoms with E-state index < -0.39 is 6.17 Å². The monoisotopic (exact) mass is 371 g/mol. The molecule has 0 unspecified atom stereocenters. The second kappa shape index (κ2) is 9.79. The molecule has 0 aliphatic carbocycles. The van der Waals surface area contributed by atoms with Crippen molar-refractivity contribution in [2.45, 2.75) is 45.7 Å². The van der Waals surface area contributed by atoms with Crippen LogP contribution in [-0.4, -0.2) is 47.3 Å². The molecule has 1 atom stereocenters. The molecular formula is C22H30FN3O. The number of aromatic nitrogens is 2. The zero-order valence-corrected chi connectivity index (χ0v) is 16.4. The Morgan fingerprint density at radius 2 is 2.19 bits per heavy atom. The van der Waals surface area contributed by atoms with Gasteiger partial charge >= 0.3 is 0 Å². The number of benzene rings is 1. The van der Waals surface area contributed by atoms with Crippen LogP contribution < -0.4 is 4.74 Å². The molecule has 27 heavy (non-hydrogen) atoms. The van der Waals surface area contributed by atoms with Crippen LogP contribution in [0.5, 0.6) is 5.75 Å². The molecule has 1 aromatic heterocycles. The Kier molecular flexibility index (Phi) is 7.16. The van der Waals surface area contributed by atoms with Crippen molar-refractivity contribution in [3.05, 3.63) is 53.6 Å². The molecule has 1 aliphatic rings. The predicted octanol–water partition coefficient (Wildman–Crippen LogP) is 4.08. The molecular weight excluding hydrogens is 341 g/mol. The number of likely N-dealkylation sites (tertiary alicyclic amines) is 1. The lowest BCUT2D eigenvalue weighted by Gasteiger charge is -2.14. The molecule has 0 radical (unpaired) electrons.